The van der Waals surface area contributed by atoms with Crippen LogP contribution in [0.3, 0.4) is 0 Å². The van der Waals surface area contributed by atoms with Crippen molar-refractivity contribution in [2.75, 3.05) is 0 Å². The molecule has 3 aromatic heterocycles. The summed E-state index contributed by atoms with van der Waals surface area (Å²) in [5.74, 6) is -1.72. The van der Waals surface area contributed by atoms with Crippen molar-refractivity contribution in [1.29, 1.82) is 0 Å². The Morgan fingerprint density at radius 1 is 1.25 bits per heavy atom. The number of benzene rings is 1. The molecule has 28 heavy (non-hydrogen) atoms. The SMILES string of the molecule is CC(n1ncc2cccn2c1=O)C(O)(Cn1cncn1)c1ccc(F)cc1F. The maximum Gasteiger partial charge on any atom is 0.349 e. The quantitative estimate of drug-likeness (QED) is 0.562. The molecule has 1 aromatic carbocycles. The second kappa shape index (κ2) is 6.64. The van der Waals surface area contributed by atoms with Crippen molar-refractivity contribution in [1.82, 2.24) is 28.9 Å². The van der Waals surface area contributed by atoms with Crippen molar-refractivity contribution in [2.45, 2.75) is 25.1 Å². The number of aromatic nitrogens is 6. The molecule has 0 bridgehead atoms. The predicted octanol–water partition coefficient (Wildman–Crippen LogP) is 1.51. The molecule has 0 aliphatic carbocycles. The molecule has 0 aliphatic heterocycles. The summed E-state index contributed by atoms with van der Waals surface area (Å²) in [6, 6.07) is 5.26. The highest BCUT2D eigenvalue weighted by Gasteiger charge is 2.41. The van der Waals surface area contributed by atoms with Crippen LogP contribution in [0.1, 0.15) is 18.5 Å². The van der Waals surface area contributed by atoms with E-state index in [1.165, 1.54) is 34.9 Å². The monoisotopic (exact) mass is 386 g/mol. The smallest absolute Gasteiger partial charge is 0.349 e. The van der Waals surface area contributed by atoms with E-state index in [1.54, 1.807) is 18.3 Å². The summed E-state index contributed by atoms with van der Waals surface area (Å²) in [6.45, 7) is 1.30. The van der Waals surface area contributed by atoms with Crippen molar-refractivity contribution >= 4 is 5.52 Å². The van der Waals surface area contributed by atoms with E-state index in [9.17, 15) is 18.7 Å². The van der Waals surface area contributed by atoms with Crippen LogP contribution < -0.4 is 5.69 Å². The van der Waals surface area contributed by atoms with E-state index in [1.807, 2.05) is 0 Å². The van der Waals surface area contributed by atoms with Gasteiger partial charge in [-0.05, 0) is 25.1 Å². The molecule has 0 saturated heterocycles. The molecule has 2 unspecified atom stereocenters. The first kappa shape index (κ1) is 18.0. The lowest BCUT2D eigenvalue weighted by molar-refractivity contribution is -0.0390. The van der Waals surface area contributed by atoms with Gasteiger partial charge in [0.25, 0.3) is 0 Å². The highest BCUT2D eigenvalue weighted by Crippen LogP contribution is 2.35. The molecular formula is C18H16F2N6O2. The van der Waals surface area contributed by atoms with Crippen molar-refractivity contribution in [3.8, 4) is 0 Å². The first-order valence-electron chi connectivity index (χ1n) is 8.45. The van der Waals surface area contributed by atoms with Gasteiger partial charge in [-0.2, -0.15) is 10.2 Å². The second-order valence-corrected chi connectivity index (χ2v) is 6.49. The molecule has 8 nitrogen and oxygen atoms in total. The largest absolute Gasteiger partial charge is 0.381 e. The van der Waals surface area contributed by atoms with Crippen LogP contribution in [-0.2, 0) is 12.1 Å². The third-order valence-corrected chi connectivity index (χ3v) is 4.82. The number of aliphatic hydroxyl groups is 1. The normalized spacial score (nSPS) is 14.9. The predicted molar refractivity (Wildman–Crippen MR) is 94.4 cm³/mol. The summed E-state index contributed by atoms with van der Waals surface area (Å²) in [7, 11) is 0. The van der Waals surface area contributed by atoms with E-state index in [0.29, 0.717) is 11.6 Å². The minimum Gasteiger partial charge on any atom is -0.381 e. The maximum atomic E-state index is 14.6. The number of hydrogen-bond donors (Lipinski definition) is 1. The van der Waals surface area contributed by atoms with Gasteiger partial charge in [-0.3, -0.25) is 4.40 Å². The first-order chi connectivity index (χ1) is 13.4. The fraction of sp³-hybridized carbons (Fsp3) is 0.222. The molecule has 0 radical (unpaired) electrons. The molecule has 4 rings (SSSR count). The maximum absolute atomic E-state index is 14.6. The number of fused-ring (bicyclic) bond motifs is 1. The van der Waals surface area contributed by atoms with Gasteiger partial charge in [0.05, 0.1) is 24.3 Å². The summed E-state index contributed by atoms with van der Waals surface area (Å²) < 4.78 is 31.7. The lowest BCUT2D eigenvalue weighted by atomic mass is 9.86. The van der Waals surface area contributed by atoms with Crippen molar-refractivity contribution < 1.29 is 13.9 Å². The molecule has 3 heterocycles. The van der Waals surface area contributed by atoms with E-state index < -0.39 is 29.0 Å². The molecule has 2 atom stereocenters. The summed E-state index contributed by atoms with van der Waals surface area (Å²) in [5, 5.41) is 19.6. The lowest BCUT2D eigenvalue weighted by Crippen LogP contribution is -2.45. The minimum atomic E-state index is -1.97. The van der Waals surface area contributed by atoms with Crippen LogP contribution in [-0.4, -0.2) is 34.1 Å². The van der Waals surface area contributed by atoms with E-state index >= 15 is 0 Å². The van der Waals surface area contributed by atoms with Crippen LogP contribution >= 0.6 is 0 Å². The Hall–Kier alpha value is -3.40. The molecule has 0 fully saturated rings. The van der Waals surface area contributed by atoms with Crippen molar-refractivity contribution in [3.05, 3.63) is 83.1 Å². The molecule has 0 amide bonds. The first-order valence-corrected chi connectivity index (χ1v) is 8.45. The zero-order valence-corrected chi connectivity index (χ0v) is 14.8. The Morgan fingerprint density at radius 3 is 2.79 bits per heavy atom. The van der Waals surface area contributed by atoms with E-state index in [2.05, 4.69) is 15.2 Å². The van der Waals surface area contributed by atoms with Crippen LogP contribution in [0.4, 0.5) is 8.78 Å². The Bertz CT molecular complexity index is 1190. The number of halogens is 2. The second-order valence-electron chi connectivity index (χ2n) is 6.49. The van der Waals surface area contributed by atoms with Crippen molar-refractivity contribution in [3.63, 3.8) is 0 Å². The minimum absolute atomic E-state index is 0.182. The van der Waals surface area contributed by atoms with Gasteiger partial charge in [-0.1, -0.05) is 6.07 Å². The Balaban J connectivity index is 1.88. The average molecular weight is 386 g/mol. The summed E-state index contributed by atoms with van der Waals surface area (Å²) >= 11 is 0. The van der Waals surface area contributed by atoms with Gasteiger partial charge in [0, 0.05) is 17.8 Å². The highest BCUT2D eigenvalue weighted by molar-refractivity contribution is 5.43. The van der Waals surface area contributed by atoms with Gasteiger partial charge in [0.1, 0.15) is 29.9 Å². The van der Waals surface area contributed by atoms with Crippen LogP contribution in [0.25, 0.3) is 5.52 Å². The zero-order chi connectivity index (χ0) is 19.9. The molecule has 4 aromatic rings. The third kappa shape index (κ3) is 2.87. The standard InChI is InChI=1S/C18H16F2N6O2/c1-12(26-17(27)25-6-2-3-14(25)8-22-26)18(28,9-24-11-21-10-23-24)15-5-4-13(19)7-16(15)20/h2-8,10-12,28H,9H2,1H3. The average Bonchev–Trinajstić information content (AvgIpc) is 3.33. The molecule has 1 N–H and O–H groups in total. The zero-order valence-electron chi connectivity index (χ0n) is 14.8. The van der Waals surface area contributed by atoms with Crippen LogP contribution in [0.5, 0.6) is 0 Å². The van der Waals surface area contributed by atoms with Crippen LogP contribution in [0.15, 0.2) is 60.2 Å². The Labute approximate surface area is 157 Å². The summed E-state index contributed by atoms with van der Waals surface area (Å²) in [6.07, 6.45) is 5.65. The Morgan fingerprint density at radius 2 is 2.07 bits per heavy atom. The molecule has 0 aliphatic rings. The van der Waals surface area contributed by atoms with E-state index in [4.69, 9.17) is 0 Å². The summed E-state index contributed by atoms with van der Waals surface area (Å²) in [5.41, 5.74) is -2.07. The van der Waals surface area contributed by atoms with Crippen LogP contribution in [0.2, 0.25) is 0 Å². The van der Waals surface area contributed by atoms with Gasteiger partial charge in [0.2, 0.25) is 0 Å². The molecular weight excluding hydrogens is 370 g/mol. The number of nitrogens with zero attached hydrogens (tertiary/aromatic N) is 6. The van der Waals surface area contributed by atoms with Gasteiger partial charge >= 0.3 is 5.69 Å². The molecule has 144 valence electrons. The third-order valence-electron chi connectivity index (χ3n) is 4.82. The fourth-order valence-electron chi connectivity index (χ4n) is 3.27. The highest BCUT2D eigenvalue weighted by atomic mass is 19.1. The van der Waals surface area contributed by atoms with E-state index in [0.717, 1.165) is 16.8 Å². The van der Waals surface area contributed by atoms with Gasteiger partial charge in [-0.15, -0.1) is 0 Å². The Kier molecular flexibility index (Phi) is 4.27. The molecule has 0 saturated carbocycles. The lowest BCUT2D eigenvalue weighted by Gasteiger charge is -2.34. The molecule has 10 heteroatoms. The van der Waals surface area contributed by atoms with Gasteiger partial charge < -0.3 is 5.11 Å². The van der Waals surface area contributed by atoms with Gasteiger partial charge in [0.15, 0.2) is 0 Å². The van der Waals surface area contributed by atoms with E-state index in [-0.39, 0.29) is 12.1 Å². The van der Waals surface area contributed by atoms with Gasteiger partial charge in [-0.25, -0.2) is 27.9 Å². The van der Waals surface area contributed by atoms with Crippen molar-refractivity contribution in [2.24, 2.45) is 0 Å². The van der Waals surface area contributed by atoms with Crippen LogP contribution in [0, 0.1) is 11.6 Å². The topological polar surface area (TPSA) is 90.2 Å². The fourth-order valence-corrected chi connectivity index (χ4v) is 3.27. The number of hydrogen-bond acceptors (Lipinski definition) is 5. The number of rotatable bonds is 5. The summed E-state index contributed by atoms with van der Waals surface area (Å²) in [4.78, 5) is 16.6. The molecule has 0 spiro atoms.